The molecule has 1 aromatic heterocycles. The standard InChI is InChI=1S/C20H23N5O2/c1-24-10-12-25(13-11-24)18-8-4-3-7-16(18)22-20(26)21-14-17-15-6-2-5-9-19(15)27-23-17/h2-9H,10-14H2,1H3,(H2,21,22,26). The SMILES string of the molecule is CN1CCN(c2ccccc2NC(=O)NCc2noc3ccccc23)CC1. The third-order valence-electron chi connectivity index (χ3n) is 4.86. The van der Waals surface area contributed by atoms with Crippen LogP contribution in [0.1, 0.15) is 5.69 Å². The van der Waals surface area contributed by atoms with Gasteiger partial charge in [0.1, 0.15) is 5.69 Å². The second kappa shape index (κ2) is 7.67. The zero-order valence-corrected chi connectivity index (χ0v) is 15.3. The number of fused-ring (bicyclic) bond motifs is 1. The number of nitrogens with one attached hydrogen (secondary N) is 2. The Bertz CT molecular complexity index is 931. The molecule has 1 saturated heterocycles. The van der Waals surface area contributed by atoms with E-state index in [0.29, 0.717) is 12.2 Å². The molecular weight excluding hydrogens is 342 g/mol. The van der Waals surface area contributed by atoms with Gasteiger partial charge in [-0.25, -0.2) is 4.79 Å². The van der Waals surface area contributed by atoms with Crippen molar-refractivity contribution in [3.05, 3.63) is 54.2 Å². The molecule has 0 bridgehead atoms. The third kappa shape index (κ3) is 3.88. The van der Waals surface area contributed by atoms with Crippen molar-refractivity contribution in [2.45, 2.75) is 6.54 Å². The van der Waals surface area contributed by atoms with Crippen molar-refractivity contribution < 1.29 is 9.32 Å². The number of hydrogen-bond donors (Lipinski definition) is 2. The van der Waals surface area contributed by atoms with Crippen LogP contribution in [0.5, 0.6) is 0 Å². The lowest BCUT2D eigenvalue weighted by Gasteiger charge is -2.35. The Morgan fingerprint density at radius 2 is 1.81 bits per heavy atom. The van der Waals surface area contributed by atoms with Crippen LogP contribution in [0.2, 0.25) is 0 Å². The van der Waals surface area contributed by atoms with Crippen molar-refractivity contribution in [3.8, 4) is 0 Å². The summed E-state index contributed by atoms with van der Waals surface area (Å²) in [6, 6.07) is 15.3. The molecule has 2 aromatic carbocycles. The average Bonchev–Trinajstić information content (AvgIpc) is 3.11. The van der Waals surface area contributed by atoms with Crippen molar-refractivity contribution in [1.29, 1.82) is 0 Å². The maximum absolute atomic E-state index is 12.4. The van der Waals surface area contributed by atoms with Crippen molar-refractivity contribution in [2.75, 3.05) is 43.4 Å². The van der Waals surface area contributed by atoms with Gasteiger partial charge in [0.25, 0.3) is 0 Å². The molecule has 0 unspecified atom stereocenters. The van der Waals surface area contributed by atoms with Gasteiger partial charge in [-0.3, -0.25) is 0 Å². The fourth-order valence-corrected chi connectivity index (χ4v) is 3.30. The summed E-state index contributed by atoms with van der Waals surface area (Å²) in [6.45, 7) is 4.22. The molecule has 0 atom stereocenters. The van der Waals surface area contributed by atoms with Gasteiger partial charge in [0.15, 0.2) is 5.58 Å². The summed E-state index contributed by atoms with van der Waals surface area (Å²) in [4.78, 5) is 17.0. The monoisotopic (exact) mass is 365 g/mol. The number of hydrogen-bond acceptors (Lipinski definition) is 5. The van der Waals surface area contributed by atoms with E-state index in [1.54, 1.807) is 0 Å². The quantitative estimate of drug-likeness (QED) is 0.744. The number of anilines is 2. The minimum absolute atomic E-state index is 0.261. The Morgan fingerprint density at radius 3 is 2.67 bits per heavy atom. The largest absolute Gasteiger partial charge is 0.367 e. The van der Waals surface area contributed by atoms with Gasteiger partial charge in [-0.2, -0.15) is 0 Å². The summed E-state index contributed by atoms with van der Waals surface area (Å²) in [6.07, 6.45) is 0. The zero-order chi connectivity index (χ0) is 18.6. The van der Waals surface area contributed by atoms with Gasteiger partial charge in [-0.1, -0.05) is 29.4 Å². The normalized spacial score (nSPS) is 15.1. The molecule has 0 saturated carbocycles. The van der Waals surface area contributed by atoms with E-state index in [2.05, 4.69) is 32.6 Å². The summed E-state index contributed by atoms with van der Waals surface area (Å²) >= 11 is 0. The van der Waals surface area contributed by atoms with E-state index in [1.807, 2.05) is 48.5 Å². The highest BCUT2D eigenvalue weighted by molar-refractivity contribution is 5.93. The van der Waals surface area contributed by atoms with Crippen LogP contribution in [0.15, 0.2) is 53.1 Å². The highest BCUT2D eigenvalue weighted by atomic mass is 16.5. The van der Waals surface area contributed by atoms with Crippen LogP contribution in [0, 0.1) is 0 Å². The molecule has 7 heteroatoms. The molecule has 1 fully saturated rings. The molecule has 1 aliphatic heterocycles. The maximum Gasteiger partial charge on any atom is 0.319 e. The second-order valence-corrected chi connectivity index (χ2v) is 6.74. The first-order valence-electron chi connectivity index (χ1n) is 9.11. The van der Waals surface area contributed by atoms with Crippen molar-refractivity contribution in [2.24, 2.45) is 0 Å². The molecule has 2 N–H and O–H groups in total. The molecule has 2 heterocycles. The van der Waals surface area contributed by atoms with Crippen LogP contribution in [-0.2, 0) is 6.54 Å². The highest BCUT2D eigenvalue weighted by Crippen LogP contribution is 2.26. The van der Waals surface area contributed by atoms with Gasteiger partial charge >= 0.3 is 6.03 Å². The van der Waals surface area contributed by atoms with Crippen LogP contribution in [0.3, 0.4) is 0 Å². The number of aromatic nitrogens is 1. The number of amides is 2. The summed E-state index contributed by atoms with van der Waals surface area (Å²) in [7, 11) is 2.13. The van der Waals surface area contributed by atoms with E-state index in [9.17, 15) is 4.79 Å². The molecule has 7 nitrogen and oxygen atoms in total. The molecule has 4 rings (SSSR count). The number of piperazine rings is 1. The van der Waals surface area contributed by atoms with E-state index in [1.165, 1.54) is 0 Å². The van der Waals surface area contributed by atoms with Crippen LogP contribution >= 0.6 is 0 Å². The van der Waals surface area contributed by atoms with Crippen LogP contribution in [0.4, 0.5) is 16.2 Å². The fourth-order valence-electron chi connectivity index (χ4n) is 3.30. The molecule has 0 aliphatic carbocycles. The molecule has 2 amide bonds. The van der Waals surface area contributed by atoms with Crippen molar-refractivity contribution >= 4 is 28.4 Å². The van der Waals surface area contributed by atoms with Crippen molar-refractivity contribution in [3.63, 3.8) is 0 Å². The maximum atomic E-state index is 12.4. The molecule has 3 aromatic rings. The zero-order valence-electron chi connectivity index (χ0n) is 15.3. The molecule has 0 radical (unpaired) electrons. The topological polar surface area (TPSA) is 73.6 Å². The number of urea groups is 1. The number of nitrogens with zero attached hydrogens (tertiary/aromatic N) is 3. The number of para-hydroxylation sites is 3. The Morgan fingerprint density at radius 1 is 1.07 bits per heavy atom. The molecule has 0 spiro atoms. The molecular formula is C20H23N5O2. The summed E-state index contributed by atoms with van der Waals surface area (Å²) in [5, 5.41) is 10.8. The Labute approximate surface area is 157 Å². The van der Waals surface area contributed by atoms with E-state index in [0.717, 1.165) is 48.5 Å². The lowest BCUT2D eigenvalue weighted by molar-refractivity contribution is 0.251. The first kappa shape index (κ1) is 17.4. The van der Waals surface area contributed by atoms with Crippen LogP contribution in [0.25, 0.3) is 11.0 Å². The molecule has 27 heavy (non-hydrogen) atoms. The van der Waals surface area contributed by atoms with Gasteiger partial charge in [0, 0.05) is 31.6 Å². The highest BCUT2D eigenvalue weighted by Gasteiger charge is 2.18. The van der Waals surface area contributed by atoms with Gasteiger partial charge in [-0.05, 0) is 31.3 Å². The van der Waals surface area contributed by atoms with Crippen LogP contribution in [-0.4, -0.2) is 49.3 Å². The first-order valence-corrected chi connectivity index (χ1v) is 9.11. The number of benzene rings is 2. The smallest absolute Gasteiger partial charge is 0.319 e. The average molecular weight is 365 g/mol. The predicted octanol–water partition coefficient (Wildman–Crippen LogP) is 2.90. The Balaban J connectivity index is 1.41. The van der Waals surface area contributed by atoms with E-state index >= 15 is 0 Å². The minimum Gasteiger partial charge on any atom is -0.367 e. The lowest BCUT2D eigenvalue weighted by atomic mass is 10.2. The van der Waals surface area contributed by atoms with Gasteiger partial charge in [0.05, 0.1) is 17.9 Å². The van der Waals surface area contributed by atoms with E-state index in [-0.39, 0.29) is 6.03 Å². The van der Waals surface area contributed by atoms with Gasteiger partial charge < -0.3 is 25.0 Å². The third-order valence-corrected chi connectivity index (χ3v) is 4.86. The number of rotatable bonds is 4. The predicted molar refractivity (Wildman–Crippen MR) is 106 cm³/mol. The number of likely N-dealkylation sites (N-methyl/N-ethyl adjacent to an activating group) is 1. The lowest BCUT2D eigenvalue weighted by Crippen LogP contribution is -2.44. The Hall–Kier alpha value is -3.06. The first-order chi connectivity index (χ1) is 13.2. The minimum atomic E-state index is -0.261. The van der Waals surface area contributed by atoms with Gasteiger partial charge in [0.2, 0.25) is 0 Å². The molecule has 140 valence electrons. The van der Waals surface area contributed by atoms with Gasteiger partial charge in [-0.15, -0.1) is 0 Å². The molecule has 1 aliphatic rings. The Kier molecular flexibility index (Phi) is 4.93. The number of carbonyl (C=O) groups excluding carboxylic acids is 1. The number of carbonyl (C=O) groups is 1. The van der Waals surface area contributed by atoms with Crippen LogP contribution < -0.4 is 15.5 Å². The summed E-state index contributed by atoms with van der Waals surface area (Å²) < 4.78 is 5.27. The summed E-state index contributed by atoms with van der Waals surface area (Å²) in [5.74, 6) is 0. The fraction of sp³-hybridized carbons (Fsp3) is 0.300. The van der Waals surface area contributed by atoms with E-state index in [4.69, 9.17) is 4.52 Å². The van der Waals surface area contributed by atoms with E-state index < -0.39 is 0 Å². The second-order valence-electron chi connectivity index (χ2n) is 6.74. The van der Waals surface area contributed by atoms with Crippen molar-refractivity contribution in [1.82, 2.24) is 15.4 Å². The summed E-state index contributed by atoms with van der Waals surface area (Å²) in [5.41, 5.74) is 3.29.